The van der Waals surface area contributed by atoms with Crippen molar-refractivity contribution in [1.29, 1.82) is 0 Å². The Bertz CT molecular complexity index is 348. The molecule has 0 bridgehead atoms. The Morgan fingerprint density at radius 2 is 2.38 bits per heavy atom. The summed E-state index contributed by atoms with van der Waals surface area (Å²) in [6.07, 6.45) is 5.98. The molecule has 0 amide bonds. The number of aromatic nitrogens is 2. The summed E-state index contributed by atoms with van der Waals surface area (Å²) in [7, 11) is 0. The number of rotatable bonds is 2. The molecule has 1 unspecified atom stereocenters. The molecular formula is C8H8ClN3O. The summed E-state index contributed by atoms with van der Waals surface area (Å²) < 4.78 is 5.18. The first-order chi connectivity index (χ1) is 6.15. The van der Waals surface area contributed by atoms with Gasteiger partial charge in [-0.3, -0.25) is 0 Å². The molecular weight excluding hydrogens is 190 g/mol. The first-order valence-corrected chi connectivity index (χ1v) is 3.91. The third-order valence-electron chi connectivity index (χ3n) is 1.32. The van der Waals surface area contributed by atoms with E-state index < -0.39 is 6.10 Å². The van der Waals surface area contributed by atoms with E-state index in [1.165, 1.54) is 6.33 Å². The second-order valence-corrected chi connectivity index (χ2v) is 2.67. The van der Waals surface area contributed by atoms with Crippen LogP contribution in [0.4, 0.5) is 5.69 Å². The van der Waals surface area contributed by atoms with Crippen molar-refractivity contribution in [1.82, 2.24) is 9.97 Å². The van der Waals surface area contributed by atoms with E-state index in [4.69, 9.17) is 28.5 Å². The van der Waals surface area contributed by atoms with Crippen LogP contribution in [0.5, 0.6) is 5.88 Å². The highest BCUT2D eigenvalue weighted by Crippen LogP contribution is 2.24. The second-order valence-electron chi connectivity index (χ2n) is 2.31. The lowest BCUT2D eigenvalue weighted by Gasteiger charge is -2.09. The Hall–Kier alpha value is -1.47. The molecule has 0 spiro atoms. The van der Waals surface area contributed by atoms with Crippen LogP contribution >= 0.6 is 11.6 Å². The number of terminal acetylenes is 1. The van der Waals surface area contributed by atoms with E-state index in [9.17, 15) is 0 Å². The van der Waals surface area contributed by atoms with Gasteiger partial charge in [-0.15, -0.1) is 6.42 Å². The SMILES string of the molecule is C#CC(C)Oc1ncnc(Cl)c1N. The molecule has 1 heterocycles. The zero-order valence-corrected chi connectivity index (χ0v) is 7.75. The zero-order valence-electron chi connectivity index (χ0n) is 6.99. The molecule has 0 aliphatic heterocycles. The number of nitrogen functional groups attached to an aromatic ring is 1. The van der Waals surface area contributed by atoms with Crippen molar-refractivity contribution >= 4 is 17.3 Å². The van der Waals surface area contributed by atoms with Crippen molar-refractivity contribution in [2.45, 2.75) is 13.0 Å². The van der Waals surface area contributed by atoms with Gasteiger partial charge < -0.3 is 10.5 Å². The molecule has 5 heteroatoms. The average molecular weight is 198 g/mol. The van der Waals surface area contributed by atoms with Gasteiger partial charge in [-0.2, -0.15) is 4.98 Å². The van der Waals surface area contributed by atoms with Gasteiger partial charge in [0.1, 0.15) is 12.0 Å². The normalized spacial score (nSPS) is 11.8. The quantitative estimate of drug-likeness (QED) is 0.570. The van der Waals surface area contributed by atoms with Crippen molar-refractivity contribution in [2.75, 3.05) is 5.73 Å². The van der Waals surface area contributed by atoms with Crippen LogP contribution in [0.15, 0.2) is 6.33 Å². The van der Waals surface area contributed by atoms with Crippen molar-refractivity contribution in [3.63, 3.8) is 0 Å². The van der Waals surface area contributed by atoms with Gasteiger partial charge in [0.25, 0.3) is 0 Å². The highest BCUT2D eigenvalue weighted by atomic mass is 35.5. The molecule has 0 aliphatic rings. The molecule has 2 N–H and O–H groups in total. The third kappa shape index (κ3) is 2.23. The monoisotopic (exact) mass is 197 g/mol. The van der Waals surface area contributed by atoms with Crippen LogP contribution in [0.25, 0.3) is 0 Å². The van der Waals surface area contributed by atoms with Crippen LogP contribution in [-0.4, -0.2) is 16.1 Å². The molecule has 1 aromatic rings. The summed E-state index contributed by atoms with van der Waals surface area (Å²) in [5.41, 5.74) is 5.74. The third-order valence-corrected chi connectivity index (χ3v) is 1.62. The van der Waals surface area contributed by atoms with Gasteiger partial charge in [-0.1, -0.05) is 17.5 Å². The summed E-state index contributed by atoms with van der Waals surface area (Å²) in [4.78, 5) is 7.46. The van der Waals surface area contributed by atoms with Gasteiger partial charge in [0.2, 0.25) is 5.88 Å². The lowest BCUT2D eigenvalue weighted by molar-refractivity contribution is 0.269. The maximum absolute atomic E-state index is 5.63. The van der Waals surface area contributed by atoms with Gasteiger partial charge in [-0.25, -0.2) is 4.98 Å². The highest BCUT2D eigenvalue weighted by Gasteiger charge is 2.08. The number of halogens is 1. The Labute approximate surface area is 81.1 Å². The minimum Gasteiger partial charge on any atom is -0.460 e. The largest absolute Gasteiger partial charge is 0.460 e. The van der Waals surface area contributed by atoms with Crippen LogP contribution in [0.3, 0.4) is 0 Å². The fraction of sp³-hybridized carbons (Fsp3) is 0.250. The Balaban J connectivity index is 2.90. The van der Waals surface area contributed by atoms with E-state index in [1.54, 1.807) is 6.92 Å². The number of nitrogens with two attached hydrogens (primary N) is 1. The van der Waals surface area contributed by atoms with Crippen LogP contribution in [0.1, 0.15) is 6.92 Å². The Morgan fingerprint density at radius 3 is 3.00 bits per heavy atom. The van der Waals surface area contributed by atoms with Gasteiger partial charge in [-0.05, 0) is 6.92 Å². The number of anilines is 1. The van der Waals surface area contributed by atoms with E-state index in [1.807, 2.05) is 0 Å². The van der Waals surface area contributed by atoms with E-state index in [0.29, 0.717) is 0 Å². The minimum atomic E-state index is -0.395. The van der Waals surface area contributed by atoms with Gasteiger partial charge >= 0.3 is 0 Å². The van der Waals surface area contributed by atoms with Gasteiger partial charge in [0.15, 0.2) is 11.3 Å². The van der Waals surface area contributed by atoms with Crippen LogP contribution in [0.2, 0.25) is 5.15 Å². The molecule has 68 valence electrons. The summed E-state index contributed by atoms with van der Waals surface area (Å²) in [6.45, 7) is 1.70. The summed E-state index contributed by atoms with van der Waals surface area (Å²) in [6, 6.07) is 0. The molecule has 0 fully saturated rings. The zero-order chi connectivity index (χ0) is 9.84. The topological polar surface area (TPSA) is 61.0 Å². The van der Waals surface area contributed by atoms with E-state index >= 15 is 0 Å². The van der Waals surface area contributed by atoms with Gasteiger partial charge in [0.05, 0.1) is 0 Å². The number of hydrogen-bond donors (Lipinski definition) is 1. The number of hydrogen-bond acceptors (Lipinski definition) is 4. The molecule has 0 aliphatic carbocycles. The lowest BCUT2D eigenvalue weighted by atomic mass is 10.4. The molecule has 1 atom stereocenters. The van der Waals surface area contributed by atoms with Crippen LogP contribution in [-0.2, 0) is 0 Å². The first-order valence-electron chi connectivity index (χ1n) is 3.54. The summed E-state index contributed by atoms with van der Waals surface area (Å²) in [5, 5.41) is 0.161. The van der Waals surface area contributed by atoms with Crippen molar-refractivity contribution in [3.05, 3.63) is 11.5 Å². The van der Waals surface area contributed by atoms with Crippen molar-refractivity contribution in [2.24, 2.45) is 0 Å². The van der Waals surface area contributed by atoms with Crippen LogP contribution in [0, 0.1) is 12.3 Å². The maximum atomic E-state index is 5.63. The second kappa shape index (κ2) is 3.97. The van der Waals surface area contributed by atoms with Crippen LogP contribution < -0.4 is 10.5 Å². The fourth-order valence-corrected chi connectivity index (χ4v) is 0.779. The molecule has 0 aromatic carbocycles. The van der Waals surface area contributed by atoms with Crippen molar-refractivity contribution in [3.8, 4) is 18.2 Å². The molecule has 13 heavy (non-hydrogen) atoms. The van der Waals surface area contributed by atoms with Crippen molar-refractivity contribution < 1.29 is 4.74 Å². The number of nitrogens with zero attached hydrogens (tertiary/aromatic N) is 2. The molecule has 1 aromatic heterocycles. The number of ether oxygens (including phenoxy) is 1. The van der Waals surface area contributed by atoms with E-state index in [0.717, 1.165) is 0 Å². The molecule has 0 radical (unpaired) electrons. The fourth-order valence-electron chi connectivity index (χ4n) is 0.655. The molecule has 1 rings (SSSR count). The molecule has 0 saturated heterocycles. The average Bonchev–Trinajstić information content (AvgIpc) is 2.13. The molecule has 0 saturated carbocycles. The predicted octanol–water partition coefficient (Wildman–Crippen LogP) is 1.11. The van der Waals surface area contributed by atoms with Gasteiger partial charge in [0, 0.05) is 0 Å². The smallest absolute Gasteiger partial charge is 0.243 e. The Kier molecular flexibility index (Phi) is 2.93. The Morgan fingerprint density at radius 1 is 1.69 bits per heavy atom. The standard InChI is InChI=1S/C8H8ClN3O/c1-3-5(2)13-8-6(10)7(9)11-4-12-8/h1,4-5H,10H2,2H3. The summed E-state index contributed by atoms with van der Waals surface area (Å²) in [5.74, 6) is 2.59. The van der Waals surface area contributed by atoms with E-state index in [-0.39, 0.29) is 16.7 Å². The van der Waals surface area contributed by atoms with E-state index in [2.05, 4.69) is 15.9 Å². The maximum Gasteiger partial charge on any atom is 0.243 e. The summed E-state index contributed by atoms with van der Waals surface area (Å²) >= 11 is 5.63. The first kappa shape index (κ1) is 9.62. The predicted molar refractivity (Wildman–Crippen MR) is 50.4 cm³/mol. The highest BCUT2D eigenvalue weighted by molar-refractivity contribution is 6.32. The molecule has 4 nitrogen and oxygen atoms in total. The minimum absolute atomic E-state index is 0.161. The lowest BCUT2D eigenvalue weighted by Crippen LogP contribution is -2.11.